The minimum Gasteiger partial charge on any atom is -0.360 e. The van der Waals surface area contributed by atoms with Crippen molar-refractivity contribution in [3.8, 4) is 0 Å². The third kappa shape index (κ3) is 2.34. The van der Waals surface area contributed by atoms with Gasteiger partial charge in [0.1, 0.15) is 5.76 Å². The van der Waals surface area contributed by atoms with Gasteiger partial charge in [0.15, 0.2) is 5.82 Å². The minimum atomic E-state index is -0.383. The highest BCUT2D eigenvalue weighted by Crippen LogP contribution is 2.53. The highest BCUT2D eigenvalue weighted by Gasteiger charge is 2.59. The Morgan fingerprint density at radius 1 is 1.15 bits per heavy atom. The molecule has 2 aromatic rings. The number of nitrogens with zero attached hydrogens (tertiary/aromatic N) is 2. The maximum Gasteiger partial charge on any atom is 0.256 e. The highest BCUT2D eigenvalue weighted by atomic mass is 16.5. The molecular formula is C20H17N3O4. The average molecular weight is 363 g/mol. The van der Waals surface area contributed by atoms with Crippen molar-refractivity contribution in [2.75, 3.05) is 10.2 Å². The standard InChI is InChI=1S/C20H17N3O4/c1-10-7-15(22-27-10)21-18(24)13-3-2-4-14(9-13)23-19(25)16-11-5-6-12(8-11)17(16)20(23)26/h2-7,9,11-12,16-17H,8H2,1H3,(H,21,22,24). The largest absolute Gasteiger partial charge is 0.360 e. The summed E-state index contributed by atoms with van der Waals surface area (Å²) in [6.07, 6.45) is 5.01. The SMILES string of the molecule is Cc1cc(NC(=O)c2cccc(N3C(=O)C4C5C=CC(C5)C4C3=O)c2)no1. The molecule has 1 saturated carbocycles. The molecule has 27 heavy (non-hydrogen) atoms. The zero-order valence-electron chi connectivity index (χ0n) is 14.6. The van der Waals surface area contributed by atoms with Gasteiger partial charge in [-0.05, 0) is 43.4 Å². The lowest BCUT2D eigenvalue weighted by Crippen LogP contribution is -2.33. The summed E-state index contributed by atoms with van der Waals surface area (Å²) >= 11 is 0. The normalized spacial score (nSPS) is 28.1. The molecule has 1 aliphatic heterocycles. The zero-order chi connectivity index (χ0) is 18.7. The Bertz CT molecular complexity index is 978. The second kappa shape index (κ2) is 5.64. The number of hydrogen-bond acceptors (Lipinski definition) is 5. The first-order valence-corrected chi connectivity index (χ1v) is 8.94. The van der Waals surface area contributed by atoms with E-state index in [4.69, 9.17) is 4.52 Å². The fourth-order valence-electron chi connectivity index (χ4n) is 4.56. The Kier molecular flexibility index (Phi) is 3.34. The molecule has 0 spiro atoms. The van der Waals surface area contributed by atoms with Crippen LogP contribution in [0.15, 0.2) is 47.0 Å². The van der Waals surface area contributed by atoms with Gasteiger partial charge in [-0.2, -0.15) is 0 Å². The zero-order valence-corrected chi connectivity index (χ0v) is 14.6. The number of benzene rings is 1. The Morgan fingerprint density at radius 2 is 1.85 bits per heavy atom. The van der Waals surface area contributed by atoms with E-state index in [-0.39, 0.29) is 41.4 Å². The van der Waals surface area contributed by atoms with Gasteiger partial charge in [0.2, 0.25) is 11.8 Å². The number of nitrogens with one attached hydrogen (secondary N) is 1. The molecule has 136 valence electrons. The summed E-state index contributed by atoms with van der Waals surface area (Å²) in [5.74, 6) is -0.0161. The molecule has 5 rings (SSSR count). The summed E-state index contributed by atoms with van der Waals surface area (Å²) in [6.45, 7) is 1.73. The van der Waals surface area contributed by atoms with E-state index in [9.17, 15) is 14.4 Å². The second-order valence-electron chi connectivity index (χ2n) is 7.34. The first kappa shape index (κ1) is 16.0. The number of rotatable bonds is 3. The van der Waals surface area contributed by atoms with Crippen LogP contribution in [0.4, 0.5) is 11.5 Å². The summed E-state index contributed by atoms with van der Waals surface area (Å²) in [4.78, 5) is 39.5. The van der Waals surface area contributed by atoms with Crippen LogP contribution in [0.2, 0.25) is 0 Å². The number of allylic oxidation sites excluding steroid dienone is 2. The maximum atomic E-state index is 12.9. The molecule has 1 aromatic heterocycles. The minimum absolute atomic E-state index is 0.156. The quantitative estimate of drug-likeness (QED) is 0.668. The Morgan fingerprint density at radius 3 is 2.48 bits per heavy atom. The van der Waals surface area contributed by atoms with Gasteiger partial charge in [-0.25, -0.2) is 4.90 Å². The first-order chi connectivity index (χ1) is 13.0. The lowest BCUT2D eigenvalue weighted by Gasteiger charge is -2.18. The Balaban J connectivity index is 1.42. The number of carbonyl (C=O) groups is 3. The molecular weight excluding hydrogens is 346 g/mol. The van der Waals surface area contributed by atoms with Gasteiger partial charge >= 0.3 is 0 Å². The Labute approximate surface area is 155 Å². The number of anilines is 2. The maximum absolute atomic E-state index is 12.9. The molecule has 3 amide bonds. The van der Waals surface area contributed by atoms with E-state index in [2.05, 4.69) is 22.6 Å². The van der Waals surface area contributed by atoms with E-state index in [0.29, 0.717) is 22.8 Å². The van der Waals surface area contributed by atoms with E-state index in [1.165, 1.54) is 4.90 Å². The lowest BCUT2D eigenvalue weighted by atomic mass is 9.85. The topological polar surface area (TPSA) is 92.5 Å². The summed E-state index contributed by atoms with van der Waals surface area (Å²) in [7, 11) is 0. The van der Waals surface area contributed by atoms with Crippen molar-refractivity contribution in [2.24, 2.45) is 23.7 Å². The van der Waals surface area contributed by atoms with Crippen LogP contribution >= 0.6 is 0 Å². The molecule has 2 aliphatic carbocycles. The molecule has 4 unspecified atom stereocenters. The van der Waals surface area contributed by atoms with Crippen LogP contribution in [0.25, 0.3) is 0 Å². The van der Waals surface area contributed by atoms with Gasteiger partial charge in [0.25, 0.3) is 5.91 Å². The fourth-order valence-corrected chi connectivity index (χ4v) is 4.56. The van der Waals surface area contributed by atoms with Gasteiger partial charge in [0.05, 0.1) is 17.5 Å². The molecule has 1 aromatic carbocycles. The predicted octanol–water partition coefficient (Wildman–Crippen LogP) is 2.55. The van der Waals surface area contributed by atoms with E-state index < -0.39 is 0 Å². The van der Waals surface area contributed by atoms with Crippen molar-refractivity contribution in [3.05, 3.63) is 53.8 Å². The molecule has 0 radical (unpaired) electrons. The van der Waals surface area contributed by atoms with Crippen LogP contribution in [0.3, 0.4) is 0 Å². The molecule has 1 N–H and O–H groups in total. The lowest BCUT2D eigenvalue weighted by molar-refractivity contribution is -0.123. The highest BCUT2D eigenvalue weighted by molar-refractivity contribution is 6.23. The summed E-state index contributed by atoms with van der Waals surface area (Å²) in [5.41, 5.74) is 0.773. The van der Waals surface area contributed by atoms with Crippen LogP contribution < -0.4 is 10.2 Å². The van der Waals surface area contributed by atoms with Gasteiger partial charge in [-0.1, -0.05) is 23.4 Å². The van der Waals surface area contributed by atoms with E-state index in [1.807, 2.05) is 0 Å². The number of aromatic nitrogens is 1. The van der Waals surface area contributed by atoms with Gasteiger partial charge < -0.3 is 9.84 Å². The smallest absolute Gasteiger partial charge is 0.256 e. The van der Waals surface area contributed by atoms with Crippen molar-refractivity contribution in [3.63, 3.8) is 0 Å². The van der Waals surface area contributed by atoms with E-state index >= 15 is 0 Å². The van der Waals surface area contributed by atoms with Gasteiger partial charge in [0, 0.05) is 11.6 Å². The summed E-state index contributed by atoms with van der Waals surface area (Å²) in [5, 5.41) is 6.38. The number of imide groups is 1. The average Bonchev–Trinajstić information content (AvgIpc) is 3.41. The molecule has 2 fully saturated rings. The van der Waals surface area contributed by atoms with Crippen molar-refractivity contribution in [1.82, 2.24) is 5.16 Å². The molecule has 1 saturated heterocycles. The van der Waals surface area contributed by atoms with Crippen molar-refractivity contribution < 1.29 is 18.9 Å². The van der Waals surface area contributed by atoms with Crippen LogP contribution in [0, 0.1) is 30.6 Å². The molecule has 7 heteroatoms. The van der Waals surface area contributed by atoms with E-state index in [0.717, 1.165) is 6.42 Å². The van der Waals surface area contributed by atoms with Crippen molar-refractivity contribution in [1.29, 1.82) is 0 Å². The monoisotopic (exact) mass is 363 g/mol. The van der Waals surface area contributed by atoms with Crippen molar-refractivity contribution in [2.45, 2.75) is 13.3 Å². The van der Waals surface area contributed by atoms with Gasteiger partial charge in [-0.3, -0.25) is 14.4 Å². The fraction of sp³-hybridized carbons (Fsp3) is 0.300. The summed E-state index contributed by atoms with van der Waals surface area (Å²) in [6, 6.07) is 8.15. The van der Waals surface area contributed by atoms with Gasteiger partial charge in [-0.15, -0.1) is 0 Å². The predicted molar refractivity (Wildman–Crippen MR) is 95.8 cm³/mol. The van der Waals surface area contributed by atoms with Crippen LogP contribution in [0.1, 0.15) is 22.5 Å². The number of amides is 3. The molecule has 2 heterocycles. The first-order valence-electron chi connectivity index (χ1n) is 8.94. The van der Waals surface area contributed by atoms with Crippen LogP contribution in [-0.4, -0.2) is 22.9 Å². The number of hydrogen-bond donors (Lipinski definition) is 1. The van der Waals surface area contributed by atoms with Crippen LogP contribution in [0.5, 0.6) is 0 Å². The molecule has 4 atom stereocenters. The molecule has 7 nitrogen and oxygen atoms in total. The Hall–Kier alpha value is -3.22. The van der Waals surface area contributed by atoms with E-state index in [1.54, 1.807) is 37.3 Å². The third-order valence-electron chi connectivity index (χ3n) is 5.71. The van der Waals surface area contributed by atoms with Crippen molar-refractivity contribution >= 4 is 29.2 Å². The number of fused-ring (bicyclic) bond motifs is 5. The number of carbonyl (C=O) groups excluding carboxylic acids is 3. The second-order valence-corrected chi connectivity index (χ2v) is 7.34. The third-order valence-corrected chi connectivity index (χ3v) is 5.71. The summed E-state index contributed by atoms with van der Waals surface area (Å²) < 4.78 is 4.93. The number of aryl methyl sites for hydroxylation is 1. The van der Waals surface area contributed by atoms with Crippen LogP contribution in [-0.2, 0) is 9.59 Å². The molecule has 2 bridgehead atoms. The molecule has 3 aliphatic rings.